The Labute approximate surface area is 172 Å². The Hall–Kier alpha value is -2.40. The Kier molecular flexibility index (Phi) is 8.05. The molecule has 2 N–H and O–H groups in total. The summed E-state index contributed by atoms with van der Waals surface area (Å²) >= 11 is 0. The van der Waals surface area contributed by atoms with E-state index in [-0.39, 0.29) is 18.3 Å². The highest BCUT2D eigenvalue weighted by Crippen LogP contribution is 2.27. The molecule has 2 aromatic rings. The first-order valence-electron chi connectivity index (χ1n) is 10.6. The molecule has 0 heterocycles. The van der Waals surface area contributed by atoms with Crippen LogP contribution in [0.4, 0.5) is 4.39 Å². The number of halogens is 1. The largest absolute Gasteiger partial charge is 0.486 e. The van der Waals surface area contributed by atoms with Gasteiger partial charge in [-0.1, -0.05) is 43.2 Å². The normalized spacial score (nSPS) is 14.1. The van der Waals surface area contributed by atoms with Crippen molar-refractivity contribution in [3.05, 3.63) is 65.5 Å². The lowest BCUT2D eigenvalue weighted by molar-refractivity contribution is 0.0725. The van der Waals surface area contributed by atoms with Gasteiger partial charge in [0.15, 0.2) is 11.6 Å². The summed E-state index contributed by atoms with van der Waals surface area (Å²) < 4.78 is 20.2. The van der Waals surface area contributed by atoms with Crippen LogP contribution in [0.25, 0.3) is 0 Å². The predicted molar refractivity (Wildman–Crippen MR) is 113 cm³/mol. The highest BCUT2D eigenvalue weighted by atomic mass is 19.1. The van der Waals surface area contributed by atoms with Gasteiger partial charge in [-0.25, -0.2) is 4.39 Å². The number of nitrogens with two attached hydrogens (primary N) is 1. The minimum Gasteiger partial charge on any atom is -0.486 e. The molecule has 0 bridgehead atoms. The van der Waals surface area contributed by atoms with Crippen molar-refractivity contribution in [3.63, 3.8) is 0 Å². The van der Waals surface area contributed by atoms with Gasteiger partial charge < -0.3 is 15.4 Å². The molecule has 1 amide bonds. The molecule has 0 radical (unpaired) electrons. The van der Waals surface area contributed by atoms with Crippen molar-refractivity contribution in [2.24, 2.45) is 11.7 Å². The predicted octanol–water partition coefficient (Wildman–Crippen LogP) is 4.78. The summed E-state index contributed by atoms with van der Waals surface area (Å²) in [6, 6.07) is 14.1. The number of carbonyl (C=O) groups excluding carboxylic acids is 1. The van der Waals surface area contributed by atoms with E-state index in [0.717, 1.165) is 24.9 Å². The van der Waals surface area contributed by atoms with Crippen LogP contribution in [0.2, 0.25) is 0 Å². The first-order valence-corrected chi connectivity index (χ1v) is 10.6. The van der Waals surface area contributed by atoms with Crippen molar-refractivity contribution in [1.29, 1.82) is 0 Å². The van der Waals surface area contributed by atoms with Crippen molar-refractivity contribution < 1.29 is 13.9 Å². The van der Waals surface area contributed by atoms with Crippen LogP contribution in [-0.2, 0) is 6.61 Å². The fraction of sp³-hybridized carbons (Fsp3) is 0.458. The molecule has 0 aliphatic heterocycles. The first-order chi connectivity index (χ1) is 14.2. The Balaban J connectivity index is 1.65. The third-order valence-electron chi connectivity index (χ3n) is 5.54. The van der Waals surface area contributed by atoms with E-state index in [0.29, 0.717) is 24.6 Å². The number of rotatable bonds is 10. The number of hydrogen-bond donors (Lipinski definition) is 1. The Morgan fingerprint density at radius 2 is 1.86 bits per heavy atom. The van der Waals surface area contributed by atoms with Crippen molar-refractivity contribution in [2.45, 2.75) is 45.1 Å². The number of amides is 1. The van der Waals surface area contributed by atoms with Crippen LogP contribution in [0.1, 0.15) is 54.4 Å². The molecule has 4 nitrogen and oxygen atoms in total. The van der Waals surface area contributed by atoms with Crippen molar-refractivity contribution in [2.75, 3.05) is 19.6 Å². The zero-order chi connectivity index (χ0) is 20.5. The molecule has 1 fully saturated rings. The maximum Gasteiger partial charge on any atom is 0.253 e. The fourth-order valence-electron chi connectivity index (χ4n) is 3.90. The van der Waals surface area contributed by atoms with Gasteiger partial charge in [-0.3, -0.25) is 4.79 Å². The Bertz CT molecular complexity index is 776. The van der Waals surface area contributed by atoms with Crippen LogP contribution in [-0.4, -0.2) is 30.4 Å². The molecule has 0 aromatic heterocycles. The van der Waals surface area contributed by atoms with Gasteiger partial charge in [0.05, 0.1) is 0 Å². The molecule has 0 atom stereocenters. The van der Waals surface area contributed by atoms with Crippen molar-refractivity contribution in [1.82, 2.24) is 4.90 Å². The molecule has 156 valence electrons. The van der Waals surface area contributed by atoms with Gasteiger partial charge in [-0.2, -0.15) is 0 Å². The third-order valence-corrected chi connectivity index (χ3v) is 5.54. The van der Waals surface area contributed by atoms with Crippen LogP contribution in [0, 0.1) is 11.7 Å². The lowest BCUT2D eigenvalue weighted by atomic mass is 10.1. The highest BCUT2D eigenvalue weighted by molar-refractivity contribution is 5.94. The minimum atomic E-state index is -0.505. The molecule has 2 aromatic carbocycles. The molecule has 1 aliphatic carbocycles. The summed E-state index contributed by atoms with van der Waals surface area (Å²) in [6.07, 6.45) is 6.56. The molecule has 5 heteroatoms. The number of unbranched alkanes of at least 4 members (excludes halogenated alkanes) is 1. The zero-order valence-corrected chi connectivity index (χ0v) is 17.0. The standard InChI is InChI=1S/C24H31FN2O2/c25-22-16-21(12-13-23(22)29-18-20-10-2-1-3-11-20)24(28)27(15-7-6-14-26)17-19-8-4-5-9-19/h1-3,10-13,16,19H,4-9,14-15,17-18,26H2. The third kappa shape index (κ3) is 6.29. The lowest BCUT2D eigenvalue weighted by Crippen LogP contribution is -2.36. The summed E-state index contributed by atoms with van der Waals surface area (Å²) in [5.41, 5.74) is 6.95. The second-order valence-corrected chi connectivity index (χ2v) is 7.82. The summed E-state index contributed by atoms with van der Waals surface area (Å²) in [5.74, 6) is 0.100. The van der Waals surface area contributed by atoms with E-state index in [9.17, 15) is 9.18 Å². The van der Waals surface area contributed by atoms with Crippen LogP contribution in [0.15, 0.2) is 48.5 Å². The molecule has 1 saturated carbocycles. The number of hydrogen-bond acceptors (Lipinski definition) is 3. The molecule has 0 saturated heterocycles. The van der Waals surface area contributed by atoms with Gasteiger partial charge in [-0.15, -0.1) is 0 Å². The fourth-order valence-corrected chi connectivity index (χ4v) is 3.90. The molecule has 29 heavy (non-hydrogen) atoms. The van der Waals surface area contributed by atoms with E-state index in [2.05, 4.69) is 0 Å². The van der Waals surface area contributed by atoms with Crippen molar-refractivity contribution in [3.8, 4) is 5.75 Å². The van der Waals surface area contributed by atoms with Crippen LogP contribution < -0.4 is 10.5 Å². The highest BCUT2D eigenvalue weighted by Gasteiger charge is 2.23. The van der Waals surface area contributed by atoms with Crippen LogP contribution in [0.3, 0.4) is 0 Å². The smallest absolute Gasteiger partial charge is 0.253 e. The molecule has 0 unspecified atom stereocenters. The summed E-state index contributed by atoms with van der Waals surface area (Å²) in [7, 11) is 0. The maximum atomic E-state index is 14.6. The Morgan fingerprint density at radius 1 is 1.10 bits per heavy atom. The summed E-state index contributed by atoms with van der Waals surface area (Å²) in [6.45, 7) is 2.32. The first kappa shape index (κ1) is 21.3. The zero-order valence-electron chi connectivity index (χ0n) is 17.0. The van der Waals surface area contributed by atoms with E-state index in [1.54, 1.807) is 12.1 Å². The second-order valence-electron chi connectivity index (χ2n) is 7.82. The van der Waals surface area contributed by atoms with Crippen LogP contribution >= 0.6 is 0 Å². The average Bonchev–Trinajstić information content (AvgIpc) is 3.26. The molecule has 3 rings (SSSR count). The van der Waals surface area contributed by atoms with Gasteiger partial charge in [0.1, 0.15) is 6.61 Å². The lowest BCUT2D eigenvalue weighted by Gasteiger charge is -2.26. The minimum absolute atomic E-state index is 0.109. The topological polar surface area (TPSA) is 55.6 Å². The van der Waals surface area contributed by atoms with E-state index < -0.39 is 5.82 Å². The number of carbonyl (C=O) groups is 1. The van der Waals surface area contributed by atoms with Gasteiger partial charge in [-0.05, 0) is 61.9 Å². The monoisotopic (exact) mass is 398 g/mol. The quantitative estimate of drug-likeness (QED) is 0.586. The number of ether oxygens (including phenoxy) is 1. The molecule has 1 aliphatic rings. The van der Waals surface area contributed by atoms with E-state index in [1.807, 2.05) is 35.2 Å². The molecular weight excluding hydrogens is 367 g/mol. The van der Waals surface area contributed by atoms with E-state index in [1.165, 1.54) is 31.7 Å². The SMILES string of the molecule is NCCCCN(CC1CCCC1)C(=O)c1ccc(OCc2ccccc2)c(F)c1. The summed E-state index contributed by atoms with van der Waals surface area (Å²) in [5, 5.41) is 0. The summed E-state index contributed by atoms with van der Waals surface area (Å²) in [4.78, 5) is 14.9. The Morgan fingerprint density at radius 3 is 2.55 bits per heavy atom. The van der Waals surface area contributed by atoms with Crippen LogP contribution in [0.5, 0.6) is 5.75 Å². The van der Waals surface area contributed by atoms with Gasteiger partial charge in [0.2, 0.25) is 0 Å². The van der Waals surface area contributed by atoms with E-state index >= 15 is 0 Å². The molecular formula is C24H31FN2O2. The second kappa shape index (κ2) is 11.0. The van der Waals surface area contributed by atoms with Gasteiger partial charge >= 0.3 is 0 Å². The number of nitrogens with zero attached hydrogens (tertiary/aromatic N) is 1. The van der Waals surface area contributed by atoms with E-state index in [4.69, 9.17) is 10.5 Å². The maximum absolute atomic E-state index is 14.6. The van der Waals surface area contributed by atoms with Gasteiger partial charge in [0, 0.05) is 18.7 Å². The number of benzene rings is 2. The molecule has 0 spiro atoms. The average molecular weight is 399 g/mol. The van der Waals surface area contributed by atoms with Gasteiger partial charge in [0.25, 0.3) is 5.91 Å². The van der Waals surface area contributed by atoms with Crippen molar-refractivity contribution >= 4 is 5.91 Å².